The monoisotopic (exact) mass is 389 g/mol. The van der Waals surface area contributed by atoms with Gasteiger partial charge in [-0.3, -0.25) is 0 Å². The molecule has 0 heterocycles. The molecule has 3 rings (SSSR count). The standard InChI is InChI=1S/C21H21Cl2NO2/c1-14(25)11-24-12-19-18-5-3-2-4-15(18)7-9-21(19)26-13-16-6-8-17(22)10-20(16)23/h2-10,14,24-25H,11-13H2,1H3/t14-/m1/s1. The molecule has 0 unspecified atom stereocenters. The highest BCUT2D eigenvalue weighted by Gasteiger charge is 2.10. The molecule has 1 atom stereocenters. The van der Waals surface area contributed by atoms with E-state index in [9.17, 15) is 5.11 Å². The first-order valence-electron chi connectivity index (χ1n) is 8.50. The fourth-order valence-corrected chi connectivity index (χ4v) is 3.30. The third-order valence-corrected chi connectivity index (χ3v) is 4.72. The maximum atomic E-state index is 9.50. The summed E-state index contributed by atoms with van der Waals surface area (Å²) >= 11 is 12.2. The first-order chi connectivity index (χ1) is 12.5. The Kier molecular flexibility index (Phi) is 6.38. The van der Waals surface area contributed by atoms with Crippen LogP contribution in [0.2, 0.25) is 10.0 Å². The van der Waals surface area contributed by atoms with Crippen molar-refractivity contribution in [3.05, 3.63) is 75.8 Å². The van der Waals surface area contributed by atoms with Crippen LogP contribution in [0.4, 0.5) is 0 Å². The molecule has 3 aromatic carbocycles. The number of ether oxygens (including phenoxy) is 1. The van der Waals surface area contributed by atoms with E-state index in [-0.39, 0.29) is 0 Å². The zero-order chi connectivity index (χ0) is 18.5. The molecule has 5 heteroatoms. The zero-order valence-electron chi connectivity index (χ0n) is 14.5. The fraction of sp³-hybridized carbons (Fsp3) is 0.238. The largest absolute Gasteiger partial charge is 0.488 e. The molecule has 0 radical (unpaired) electrons. The number of halogens is 2. The Morgan fingerprint density at radius 3 is 2.65 bits per heavy atom. The normalized spacial score (nSPS) is 12.3. The number of rotatable bonds is 7. The third kappa shape index (κ3) is 4.68. The van der Waals surface area contributed by atoms with Crippen LogP contribution in [0.15, 0.2) is 54.6 Å². The molecule has 0 bridgehead atoms. The van der Waals surface area contributed by atoms with Crippen molar-refractivity contribution >= 4 is 34.0 Å². The van der Waals surface area contributed by atoms with Gasteiger partial charge in [0.05, 0.1) is 6.10 Å². The number of nitrogens with one attached hydrogen (secondary N) is 1. The van der Waals surface area contributed by atoms with E-state index in [4.69, 9.17) is 27.9 Å². The van der Waals surface area contributed by atoms with Crippen molar-refractivity contribution in [2.45, 2.75) is 26.2 Å². The van der Waals surface area contributed by atoms with Gasteiger partial charge < -0.3 is 15.2 Å². The molecule has 3 nitrogen and oxygen atoms in total. The summed E-state index contributed by atoms with van der Waals surface area (Å²) in [6, 6.07) is 17.6. The van der Waals surface area contributed by atoms with Crippen molar-refractivity contribution in [2.75, 3.05) is 6.54 Å². The minimum atomic E-state index is -0.401. The molecule has 3 aromatic rings. The molecule has 0 amide bonds. The van der Waals surface area contributed by atoms with Crippen molar-refractivity contribution in [2.24, 2.45) is 0 Å². The molecule has 26 heavy (non-hydrogen) atoms. The number of hydrogen-bond acceptors (Lipinski definition) is 3. The lowest BCUT2D eigenvalue weighted by atomic mass is 10.0. The van der Waals surface area contributed by atoms with Gasteiger partial charge in [0.15, 0.2) is 0 Å². The smallest absolute Gasteiger partial charge is 0.124 e. The highest BCUT2D eigenvalue weighted by molar-refractivity contribution is 6.35. The predicted octanol–water partition coefficient (Wildman–Crippen LogP) is 5.20. The first kappa shape index (κ1) is 19.0. The van der Waals surface area contributed by atoms with Gasteiger partial charge in [0.1, 0.15) is 12.4 Å². The Labute approximate surface area is 163 Å². The van der Waals surface area contributed by atoms with E-state index < -0.39 is 6.10 Å². The van der Waals surface area contributed by atoms with Crippen molar-refractivity contribution in [3.63, 3.8) is 0 Å². The van der Waals surface area contributed by atoms with Crippen LogP contribution in [0, 0.1) is 0 Å². The lowest BCUT2D eigenvalue weighted by Gasteiger charge is -2.16. The predicted molar refractivity (Wildman–Crippen MR) is 108 cm³/mol. The van der Waals surface area contributed by atoms with E-state index in [1.165, 1.54) is 0 Å². The van der Waals surface area contributed by atoms with Crippen molar-refractivity contribution in [1.29, 1.82) is 0 Å². The summed E-state index contributed by atoms with van der Waals surface area (Å²) in [5, 5.41) is 16.3. The minimum absolute atomic E-state index is 0.359. The number of hydrogen-bond donors (Lipinski definition) is 2. The second-order valence-corrected chi connectivity index (χ2v) is 7.11. The molecule has 0 saturated heterocycles. The number of fused-ring (bicyclic) bond motifs is 1. The van der Waals surface area contributed by atoms with Gasteiger partial charge in [0.25, 0.3) is 0 Å². The summed E-state index contributed by atoms with van der Waals surface area (Å²) in [5.74, 6) is 0.799. The van der Waals surface area contributed by atoms with Gasteiger partial charge in [-0.2, -0.15) is 0 Å². The second-order valence-electron chi connectivity index (χ2n) is 6.27. The van der Waals surface area contributed by atoms with Crippen molar-refractivity contribution in [1.82, 2.24) is 5.32 Å². The van der Waals surface area contributed by atoms with E-state index >= 15 is 0 Å². The Morgan fingerprint density at radius 2 is 1.88 bits per heavy atom. The summed E-state index contributed by atoms with van der Waals surface area (Å²) in [5.41, 5.74) is 1.95. The molecule has 0 aliphatic heterocycles. The van der Waals surface area contributed by atoms with E-state index in [1.807, 2.05) is 30.3 Å². The molecular weight excluding hydrogens is 369 g/mol. The quantitative estimate of drug-likeness (QED) is 0.583. The van der Waals surface area contributed by atoms with Crippen LogP contribution in [0.5, 0.6) is 5.75 Å². The molecule has 136 valence electrons. The highest BCUT2D eigenvalue weighted by Crippen LogP contribution is 2.30. The van der Waals surface area contributed by atoms with Gasteiger partial charge in [-0.15, -0.1) is 0 Å². The van der Waals surface area contributed by atoms with Crippen LogP contribution in [-0.2, 0) is 13.2 Å². The molecule has 0 spiro atoms. The van der Waals surface area contributed by atoms with Gasteiger partial charge >= 0.3 is 0 Å². The molecule has 2 N–H and O–H groups in total. The first-order valence-corrected chi connectivity index (χ1v) is 9.26. The van der Waals surface area contributed by atoms with E-state index in [1.54, 1.807) is 19.1 Å². The molecular formula is C21H21Cl2NO2. The third-order valence-electron chi connectivity index (χ3n) is 4.14. The van der Waals surface area contributed by atoms with Crippen LogP contribution in [0.1, 0.15) is 18.1 Å². The van der Waals surface area contributed by atoms with Gasteiger partial charge in [-0.05, 0) is 35.9 Å². The highest BCUT2D eigenvalue weighted by atomic mass is 35.5. The minimum Gasteiger partial charge on any atom is -0.488 e. The molecule has 0 fully saturated rings. The Morgan fingerprint density at radius 1 is 1.08 bits per heavy atom. The van der Waals surface area contributed by atoms with Crippen LogP contribution in [0.3, 0.4) is 0 Å². The number of aliphatic hydroxyl groups excluding tert-OH is 1. The summed E-state index contributed by atoms with van der Waals surface area (Å²) in [6.45, 7) is 3.25. The van der Waals surface area contributed by atoms with Crippen LogP contribution >= 0.6 is 23.2 Å². The van der Waals surface area contributed by atoms with E-state index in [2.05, 4.69) is 17.4 Å². The van der Waals surface area contributed by atoms with Crippen LogP contribution in [0.25, 0.3) is 10.8 Å². The van der Waals surface area contributed by atoms with E-state index in [0.29, 0.717) is 29.7 Å². The molecule has 0 aliphatic rings. The lowest BCUT2D eigenvalue weighted by molar-refractivity contribution is 0.190. The number of aliphatic hydroxyl groups is 1. The Hall–Kier alpha value is -1.78. The second kappa shape index (κ2) is 8.74. The fourth-order valence-electron chi connectivity index (χ4n) is 2.83. The Bertz CT molecular complexity index is 896. The Balaban J connectivity index is 1.86. The maximum absolute atomic E-state index is 9.50. The van der Waals surface area contributed by atoms with Crippen molar-refractivity contribution < 1.29 is 9.84 Å². The maximum Gasteiger partial charge on any atom is 0.124 e. The summed E-state index contributed by atoms with van der Waals surface area (Å²) in [4.78, 5) is 0. The van der Waals surface area contributed by atoms with Gasteiger partial charge in [0, 0.05) is 34.3 Å². The van der Waals surface area contributed by atoms with Crippen molar-refractivity contribution in [3.8, 4) is 5.75 Å². The van der Waals surface area contributed by atoms with Gasteiger partial charge in [-0.1, -0.05) is 59.6 Å². The van der Waals surface area contributed by atoms with Gasteiger partial charge in [-0.25, -0.2) is 0 Å². The molecule has 0 saturated carbocycles. The van der Waals surface area contributed by atoms with Crippen LogP contribution in [-0.4, -0.2) is 17.8 Å². The summed E-state index contributed by atoms with van der Waals surface area (Å²) in [6.07, 6.45) is -0.401. The average molecular weight is 390 g/mol. The summed E-state index contributed by atoms with van der Waals surface area (Å²) < 4.78 is 6.08. The molecule has 0 aliphatic carbocycles. The SMILES string of the molecule is C[C@@H](O)CNCc1c(OCc2ccc(Cl)cc2Cl)ccc2ccccc12. The zero-order valence-corrected chi connectivity index (χ0v) is 16.0. The lowest BCUT2D eigenvalue weighted by Crippen LogP contribution is -2.24. The average Bonchev–Trinajstić information content (AvgIpc) is 2.61. The van der Waals surface area contributed by atoms with E-state index in [0.717, 1.165) is 27.6 Å². The van der Waals surface area contributed by atoms with Gasteiger partial charge in [0.2, 0.25) is 0 Å². The summed E-state index contributed by atoms with van der Waals surface area (Å²) in [7, 11) is 0. The van der Waals surface area contributed by atoms with Crippen LogP contribution < -0.4 is 10.1 Å². The number of benzene rings is 3. The molecule has 0 aromatic heterocycles. The topological polar surface area (TPSA) is 41.5 Å².